The molecule has 7 nitrogen and oxygen atoms in total. The molecule has 156 valence electrons. The molecule has 2 aliphatic rings. The molecular weight excluding hydrogens is 390 g/mol. The number of benzene rings is 1. The molecule has 0 bridgehead atoms. The maximum Gasteiger partial charge on any atom is 0.335 e. The predicted octanol–water partition coefficient (Wildman–Crippen LogP) is 3.33. The molecule has 0 unspecified atom stereocenters. The Morgan fingerprint density at radius 2 is 1.69 bits per heavy atom. The van der Waals surface area contributed by atoms with Gasteiger partial charge in [0, 0.05) is 24.9 Å². The van der Waals surface area contributed by atoms with Crippen LogP contribution in [0.5, 0.6) is 0 Å². The summed E-state index contributed by atoms with van der Waals surface area (Å²) in [7, 11) is -3.67. The number of carbonyl (C=O) groups is 1. The fraction of sp³-hybridized carbons (Fsp3) is 0.571. The fourth-order valence-electron chi connectivity index (χ4n) is 4.32. The van der Waals surface area contributed by atoms with Gasteiger partial charge in [0.15, 0.2) is 0 Å². The van der Waals surface area contributed by atoms with Gasteiger partial charge >= 0.3 is 5.22 Å². The zero-order valence-electron chi connectivity index (χ0n) is 16.5. The first-order valence-corrected chi connectivity index (χ1v) is 12.1. The first-order valence-electron chi connectivity index (χ1n) is 10.4. The number of likely N-dealkylation sites (tertiary alicyclic amines) is 1. The van der Waals surface area contributed by atoms with Gasteiger partial charge in [0.05, 0.1) is 5.75 Å². The van der Waals surface area contributed by atoms with Gasteiger partial charge in [0.1, 0.15) is 0 Å². The average Bonchev–Trinajstić information content (AvgIpc) is 3.26. The van der Waals surface area contributed by atoms with E-state index in [1.807, 2.05) is 11.0 Å². The molecule has 4 rings (SSSR count). The summed E-state index contributed by atoms with van der Waals surface area (Å²) in [5, 5.41) is 7.49. The van der Waals surface area contributed by atoms with Crippen LogP contribution in [-0.2, 0) is 20.4 Å². The Kier molecular flexibility index (Phi) is 5.99. The van der Waals surface area contributed by atoms with Gasteiger partial charge in [-0.25, -0.2) is 8.42 Å². The van der Waals surface area contributed by atoms with Crippen LogP contribution in [-0.4, -0.2) is 42.5 Å². The molecule has 1 aliphatic heterocycles. The molecule has 1 amide bonds. The van der Waals surface area contributed by atoms with Gasteiger partial charge < -0.3 is 9.32 Å². The van der Waals surface area contributed by atoms with Crippen molar-refractivity contribution in [2.45, 2.75) is 61.8 Å². The smallest absolute Gasteiger partial charge is 0.335 e. The summed E-state index contributed by atoms with van der Waals surface area (Å²) >= 11 is 0. The lowest BCUT2D eigenvalue weighted by molar-refractivity contribution is -0.137. The quantitative estimate of drug-likeness (QED) is 0.741. The monoisotopic (exact) mass is 417 g/mol. The third-order valence-electron chi connectivity index (χ3n) is 6.00. The van der Waals surface area contributed by atoms with Gasteiger partial charge in [-0.2, -0.15) is 0 Å². The van der Waals surface area contributed by atoms with Crippen molar-refractivity contribution in [3.63, 3.8) is 0 Å². The molecule has 0 atom stereocenters. The second kappa shape index (κ2) is 8.65. The number of rotatable bonds is 5. The summed E-state index contributed by atoms with van der Waals surface area (Å²) < 4.78 is 30.7. The molecule has 1 aromatic heterocycles. The predicted molar refractivity (Wildman–Crippen MR) is 107 cm³/mol. The minimum Gasteiger partial charge on any atom is -0.412 e. The summed E-state index contributed by atoms with van der Waals surface area (Å²) in [6.07, 6.45) is 6.98. The highest BCUT2D eigenvalue weighted by atomic mass is 32.2. The molecule has 29 heavy (non-hydrogen) atoms. The van der Waals surface area contributed by atoms with Crippen LogP contribution in [0.15, 0.2) is 40.0 Å². The molecule has 1 saturated carbocycles. The molecule has 8 heteroatoms. The number of piperidine rings is 1. The van der Waals surface area contributed by atoms with Gasteiger partial charge in [-0.15, -0.1) is 5.10 Å². The molecule has 1 aliphatic carbocycles. The summed E-state index contributed by atoms with van der Waals surface area (Å²) in [6.45, 7) is 1.32. The normalized spacial score (nSPS) is 19.4. The van der Waals surface area contributed by atoms with Crippen molar-refractivity contribution in [3.05, 3.63) is 41.8 Å². The van der Waals surface area contributed by atoms with E-state index in [1.54, 1.807) is 24.3 Å². The molecule has 0 N–H and O–H groups in total. The highest BCUT2D eigenvalue weighted by Crippen LogP contribution is 2.31. The van der Waals surface area contributed by atoms with Gasteiger partial charge in [-0.1, -0.05) is 54.7 Å². The maximum absolute atomic E-state index is 12.7. The Bertz CT molecular complexity index is 928. The van der Waals surface area contributed by atoms with Crippen LogP contribution in [0.25, 0.3) is 0 Å². The lowest BCUT2D eigenvalue weighted by Gasteiger charge is -2.34. The van der Waals surface area contributed by atoms with E-state index in [0.29, 0.717) is 24.5 Å². The van der Waals surface area contributed by atoms with E-state index in [2.05, 4.69) is 10.2 Å². The summed E-state index contributed by atoms with van der Waals surface area (Å²) in [5.41, 5.74) is 0.682. The van der Waals surface area contributed by atoms with Crippen molar-refractivity contribution in [3.8, 4) is 0 Å². The van der Waals surface area contributed by atoms with E-state index in [1.165, 1.54) is 6.42 Å². The van der Waals surface area contributed by atoms with Crippen LogP contribution >= 0.6 is 0 Å². The van der Waals surface area contributed by atoms with E-state index >= 15 is 0 Å². The average molecular weight is 418 g/mol. The molecule has 1 saturated heterocycles. The Hall–Kier alpha value is -2.22. The maximum atomic E-state index is 12.7. The second-order valence-corrected chi connectivity index (χ2v) is 9.95. The summed E-state index contributed by atoms with van der Waals surface area (Å²) in [6, 6.07) is 8.95. The second-order valence-electron chi connectivity index (χ2n) is 8.09. The lowest BCUT2D eigenvalue weighted by Crippen LogP contribution is -2.41. The van der Waals surface area contributed by atoms with Crippen molar-refractivity contribution < 1.29 is 17.6 Å². The third kappa shape index (κ3) is 4.69. The largest absolute Gasteiger partial charge is 0.412 e. The number of amides is 1. The van der Waals surface area contributed by atoms with Crippen LogP contribution in [0.2, 0.25) is 0 Å². The SMILES string of the molecule is O=C(C1CCCCC1)N1CCC(c2nnc(S(=O)(=O)Cc3ccccc3)o2)CC1. The minimum absolute atomic E-state index is 0.00131. The first kappa shape index (κ1) is 20.1. The molecular formula is C21H27N3O4S. The third-order valence-corrected chi connectivity index (χ3v) is 7.41. The topological polar surface area (TPSA) is 93.4 Å². The van der Waals surface area contributed by atoms with Crippen molar-refractivity contribution in [2.75, 3.05) is 13.1 Å². The number of sulfone groups is 1. The van der Waals surface area contributed by atoms with E-state index in [0.717, 1.165) is 38.5 Å². The highest BCUT2D eigenvalue weighted by molar-refractivity contribution is 7.90. The minimum atomic E-state index is -3.67. The number of hydrogen-bond acceptors (Lipinski definition) is 6. The Balaban J connectivity index is 1.36. The van der Waals surface area contributed by atoms with Crippen LogP contribution in [0.1, 0.15) is 62.3 Å². The molecule has 0 spiro atoms. The van der Waals surface area contributed by atoms with Crippen molar-refractivity contribution >= 4 is 15.7 Å². The number of aromatic nitrogens is 2. The fourth-order valence-corrected chi connectivity index (χ4v) is 5.45. The Morgan fingerprint density at radius 1 is 1.00 bits per heavy atom. The van der Waals surface area contributed by atoms with E-state index < -0.39 is 9.84 Å². The van der Waals surface area contributed by atoms with Crippen LogP contribution in [0.3, 0.4) is 0 Å². The van der Waals surface area contributed by atoms with Gasteiger partial charge in [-0.3, -0.25) is 4.79 Å². The lowest BCUT2D eigenvalue weighted by atomic mass is 9.87. The van der Waals surface area contributed by atoms with Crippen molar-refractivity contribution in [2.24, 2.45) is 5.92 Å². The van der Waals surface area contributed by atoms with Crippen LogP contribution < -0.4 is 0 Å². The van der Waals surface area contributed by atoms with Gasteiger partial charge in [0.25, 0.3) is 0 Å². The Labute approximate surface area is 171 Å². The highest BCUT2D eigenvalue weighted by Gasteiger charge is 2.32. The molecule has 2 fully saturated rings. The van der Waals surface area contributed by atoms with Crippen LogP contribution in [0.4, 0.5) is 0 Å². The zero-order chi connectivity index (χ0) is 20.3. The van der Waals surface area contributed by atoms with Crippen LogP contribution in [0, 0.1) is 5.92 Å². The van der Waals surface area contributed by atoms with Gasteiger partial charge in [-0.05, 0) is 31.2 Å². The number of hydrogen-bond donors (Lipinski definition) is 0. The molecule has 0 radical (unpaired) electrons. The van der Waals surface area contributed by atoms with Gasteiger partial charge in [0.2, 0.25) is 21.6 Å². The van der Waals surface area contributed by atoms with Crippen molar-refractivity contribution in [1.29, 1.82) is 0 Å². The first-order chi connectivity index (χ1) is 14.0. The number of nitrogens with zero attached hydrogens (tertiary/aromatic N) is 3. The molecule has 2 aromatic rings. The summed E-state index contributed by atoms with van der Waals surface area (Å²) in [4.78, 5) is 14.7. The molecule has 2 heterocycles. The zero-order valence-corrected chi connectivity index (χ0v) is 17.3. The number of carbonyl (C=O) groups excluding carboxylic acids is 1. The standard InChI is InChI=1S/C21H27N3O4S/c25-20(18-9-5-2-6-10-18)24-13-11-17(12-14-24)19-22-23-21(28-19)29(26,27)15-16-7-3-1-4-8-16/h1,3-4,7-8,17-18H,2,5-6,9-15H2. The summed E-state index contributed by atoms with van der Waals surface area (Å²) in [5.74, 6) is 0.655. The van der Waals surface area contributed by atoms with E-state index in [9.17, 15) is 13.2 Å². The van der Waals surface area contributed by atoms with Crippen molar-refractivity contribution in [1.82, 2.24) is 15.1 Å². The Morgan fingerprint density at radius 3 is 2.38 bits per heavy atom. The molecule has 1 aromatic carbocycles. The van der Waals surface area contributed by atoms with E-state index in [-0.39, 0.29) is 28.7 Å². The van der Waals surface area contributed by atoms with E-state index in [4.69, 9.17) is 4.42 Å².